The minimum absolute atomic E-state index is 0.134. The van der Waals surface area contributed by atoms with Gasteiger partial charge in [0.1, 0.15) is 0 Å². The number of hydrogen-bond acceptors (Lipinski definition) is 5. The third-order valence-electron chi connectivity index (χ3n) is 3.07. The van der Waals surface area contributed by atoms with Crippen molar-refractivity contribution >= 4 is 5.69 Å². The molecule has 0 radical (unpaired) electrons. The minimum atomic E-state index is 0.134. The van der Waals surface area contributed by atoms with Gasteiger partial charge in [-0.05, 0) is 11.6 Å². The molecule has 0 atom stereocenters. The molecule has 5 heteroatoms. The van der Waals surface area contributed by atoms with Gasteiger partial charge in [0.05, 0.1) is 19.8 Å². The van der Waals surface area contributed by atoms with Crippen molar-refractivity contribution in [3.8, 4) is 0 Å². The van der Waals surface area contributed by atoms with E-state index in [1.165, 1.54) is 5.56 Å². The molecule has 0 saturated heterocycles. The average molecular weight is 282 g/mol. The molecular formula is C15H26N2O3. The fourth-order valence-electron chi connectivity index (χ4n) is 2.04. The third-order valence-corrected chi connectivity index (χ3v) is 3.07. The SMILES string of the molecule is COCCNCc1ccccc1N(CCO)CCOC. The summed E-state index contributed by atoms with van der Waals surface area (Å²) in [7, 11) is 3.39. The molecule has 0 aromatic heterocycles. The summed E-state index contributed by atoms with van der Waals surface area (Å²) in [6, 6.07) is 8.24. The molecule has 0 aliphatic carbocycles. The van der Waals surface area contributed by atoms with Crippen molar-refractivity contribution in [3.63, 3.8) is 0 Å². The van der Waals surface area contributed by atoms with Gasteiger partial charge in [-0.15, -0.1) is 0 Å². The van der Waals surface area contributed by atoms with Crippen molar-refractivity contribution in [2.45, 2.75) is 6.54 Å². The van der Waals surface area contributed by atoms with Crippen LogP contribution in [0.25, 0.3) is 0 Å². The van der Waals surface area contributed by atoms with E-state index in [0.29, 0.717) is 19.8 Å². The van der Waals surface area contributed by atoms with Gasteiger partial charge in [0.25, 0.3) is 0 Å². The molecule has 0 bridgehead atoms. The number of aliphatic hydroxyl groups excluding tert-OH is 1. The highest BCUT2D eigenvalue weighted by atomic mass is 16.5. The van der Waals surface area contributed by atoms with Crippen LogP contribution in [0, 0.1) is 0 Å². The van der Waals surface area contributed by atoms with Crippen LogP contribution in [0.3, 0.4) is 0 Å². The molecule has 0 aliphatic heterocycles. The molecule has 1 rings (SSSR count). The number of benzene rings is 1. The van der Waals surface area contributed by atoms with Gasteiger partial charge in [-0.3, -0.25) is 0 Å². The van der Waals surface area contributed by atoms with Crippen LogP contribution in [0.1, 0.15) is 5.56 Å². The Kier molecular flexibility index (Phi) is 8.98. The van der Waals surface area contributed by atoms with Gasteiger partial charge in [0.2, 0.25) is 0 Å². The zero-order valence-corrected chi connectivity index (χ0v) is 12.5. The lowest BCUT2D eigenvalue weighted by molar-refractivity contribution is 0.199. The smallest absolute Gasteiger partial charge is 0.0637 e. The summed E-state index contributed by atoms with van der Waals surface area (Å²) in [4.78, 5) is 2.15. The normalized spacial score (nSPS) is 10.8. The summed E-state index contributed by atoms with van der Waals surface area (Å²) < 4.78 is 10.2. The Morgan fingerprint density at radius 3 is 2.55 bits per heavy atom. The zero-order chi connectivity index (χ0) is 14.6. The summed E-state index contributed by atoms with van der Waals surface area (Å²) >= 11 is 0. The van der Waals surface area contributed by atoms with Crippen LogP contribution in [-0.4, -0.2) is 58.8 Å². The quantitative estimate of drug-likeness (QED) is 0.590. The van der Waals surface area contributed by atoms with Gasteiger partial charge in [-0.25, -0.2) is 0 Å². The number of nitrogens with one attached hydrogen (secondary N) is 1. The zero-order valence-electron chi connectivity index (χ0n) is 12.5. The Morgan fingerprint density at radius 1 is 1.10 bits per heavy atom. The maximum absolute atomic E-state index is 9.22. The highest BCUT2D eigenvalue weighted by Gasteiger charge is 2.10. The fourth-order valence-corrected chi connectivity index (χ4v) is 2.04. The number of para-hydroxylation sites is 1. The van der Waals surface area contributed by atoms with E-state index in [1.807, 2.05) is 12.1 Å². The summed E-state index contributed by atoms with van der Waals surface area (Å²) in [6.07, 6.45) is 0. The second kappa shape index (κ2) is 10.6. The van der Waals surface area contributed by atoms with E-state index in [2.05, 4.69) is 22.3 Å². The van der Waals surface area contributed by atoms with Crippen LogP contribution in [-0.2, 0) is 16.0 Å². The standard InChI is InChI=1S/C15H26N2O3/c1-19-11-7-16-13-14-5-3-4-6-15(14)17(8-10-18)9-12-20-2/h3-6,16,18H,7-13H2,1-2H3. The molecule has 0 spiro atoms. The largest absolute Gasteiger partial charge is 0.395 e. The predicted molar refractivity (Wildman–Crippen MR) is 81.2 cm³/mol. The minimum Gasteiger partial charge on any atom is -0.395 e. The van der Waals surface area contributed by atoms with Gasteiger partial charge < -0.3 is 24.8 Å². The first kappa shape index (κ1) is 16.9. The third kappa shape index (κ3) is 5.88. The molecule has 0 amide bonds. The predicted octanol–water partition coefficient (Wildman–Crippen LogP) is 0.868. The molecular weight excluding hydrogens is 256 g/mol. The first-order valence-electron chi connectivity index (χ1n) is 6.95. The van der Waals surface area contributed by atoms with Gasteiger partial charge in [0, 0.05) is 46.1 Å². The monoisotopic (exact) mass is 282 g/mol. The molecule has 5 nitrogen and oxygen atoms in total. The Hall–Kier alpha value is -1.14. The van der Waals surface area contributed by atoms with Crippen molar-refractivity contribution in [3.05, 3.63) is 29.8 Å². The van der Waals surface area contributed by atoms with Crippen molar-refractivity contribution in [2.75, 3.05) is 58.6 Å². The van der Waals surface area contributed by atoms with Gasteiger partial charge in [-0.2, -0.15) is 0 Å². The van der Waals surface area contributed by atoms with Crippen molar-refractivity contribution in [1.82, 2.24) is 5.32 Å². The Balaban J connectivity index is 2.69. The first-order valence-corrected chi connectivity index (χ1v) is 6.95. The molecule has 0 heterocycles. The number of ether oxygens (including phenoxy) is 2. The van der Waals surface area contributed by atoms with Crippen molar-refractivity contribution in [1.29, 1.82) is 0 Å². The van der Waals surface area contributed by atoms with Crippen LogP contribution in [0.2, 0.25) is 0 Å². The van der Waals surface area contributed by atoms with Crippen LogP contribution >= 0.6 is 0 Å². The molecule has 0 unspecified atom stereocenters. The molecule has 0 fully saturated rings. The number of rotatable bonds is 11. The number of anilines is 1. The molecule has 1 aromatic carbocycles. The summed E-state index contributed by atoms with van der Waals surface area (Å²) in [5.74, 6) is 0. The van der Waals surface area contributed by atoms with E-state index in [4.69, 9.17) is 9.47 Å². The fraction of sp³-hybridized carbons (Fsp3) is 0.600. The lowest BCUT2D eigenvalue weighted by Gasteiger charge is -2.26. The van der Waals surface area contributed by atoms with Gasteiger partial charge in [0.15, 0.2) is 0 Å². The summed E-state index contributed by atoms with van der Waals surface area (Å²) in [5, 5.41) is 12.6. The molecule has 1 aromatic rings. The van der Waals surface area contributed by atoms with Crippen LogP contribution in [0.5, 0.6) is 0 Å². The van der Waals surface area contributed by atoms with E-state index in [9.17, 15) is 5.11 Å². The van der Waals surface area contributed by atoms with E-state index in [-0.39, 0.29) is 6.61 Å². The van der Waals surface area contributed by atoms with E-state index < -0.39 is 0 Å². The number of aliphatic hydroxyl groups is 1. The maximum atomic E-state index is 9.22. The van der Waals surface area contributed by atoms with Crippen molar-refractivity contribution < 1.29 is 14.6 Å². The Labute approximate surface area is 121 Å². The number of methoxy groups -OCH3 is 2. The van der Waals surface area contributed by atoms with Crippen molar-refractivity contribution in [2.24, 2.45) is 0 Å². The van der Waals surface area contributed by atoms with Crippen LogP contribution < -0.4 is 10.2 Å². The lowest BCUT2D eigenvalue weighted by atomic mass is 10.1. The molecule has 114 valence electrons. The van der Waals surface area contributed by atoms with E-state index >= 15 is 0 Å². The van der Waals surface area contributed by atoms with E-state index in [1.54, 1.807) is 14.2 Å². The highest BCUT2D eigenvalue weighted by Crippen LogP contribution is 2.20. The second-order valence-electron chi connectivity index (χ2n) is 4.50. The average Bonchev–Trinajstić information content (AvgIpc) is 2.48. The Bertz CT molecular complexity index is 361. The molecule has 0 saturated carbocycles. The first-order chi connectivity index (χ1) is 9.83. The molecule has 0 aliphatic rings. The Morgan fingerprint density at radius 2 is 1.85 bits per heavy atom. The second-order valence-corrected chi connectivity index (χ2v) is 4.50. The van der Waals surface area contributed by atoms with E-state index in [0.717, 1.165) is 25.3 Å². The van der Waals surface area contributed by atoms with Crippen LogP contribution in [0.4, 0.5) is 5.69 Å². The van der Waals surface area contributed by atoms with Crippen LogP contribution in [0.15, 0.2) is 24.3 Å². The number of hydrogen-bond donors (Lipinski definition) is 2. The topological polar surface area (TPSA) is 54.0 Å². The number of nitrogens with zero attached hydrogens (tertiary/aromatic N) is 1. The van der Waals surface area contributed by atoms with Gasteiger partial charge in [-0.1, -0.05) is 18.2 Å². The molecule has 20 heavy (non-hydrogen) atoms. The maximum Gasteiger partial charge on any atom is 0.0637 e. The molecule has 2 N–H and O–H groups in total. The lowest BCUT2D eigenvalue weighted by Crippen LogP contribution is -2.31. The van der Waals surface area contributed by atoms with Gasteiger partial charge >= 0.3 is 0 Å². The summed E-state index contributed by atoms with van der Waals surface area (Å²) in [5.41, 5.74) is 2.36. The highest BCUT2D eigenvalue weighted by molar-refractivity contribution is 5.53. The summed E-state index contributed by atoms with van der Waals surface area (Å²) in [6.45, 7) is 4.47.